The van der Waals surface area contributed by atoms with Crippen LogP contribution in [-0.2, 0) is 9.59 Å². The predicted molar refractivity (Wildman–Crippen MR) is 63.1 cm³/mol. The fourth-order valence-corrected chi connectivity index (χ4v) is 1.34. The Hall–Kier alpha value is -1.84. The fourth-order valence-electron chi connectivity index (χ4n) is 1.34. The molecule has 1 unspecified atom stereocenters. The van der Waals surface area contributed by atoms with Crippen molar-refractivity contribution in [2.75, 3.05) is 5.32 Å². The van der Waals surface area contributed by atoms with Crippen molar-refractivity contribution in [2.45, 2.75) is 26.8 Å². The molecule has 86 valence electrons. The lowest BCUT2D eigenvalue weighted by Crippen LogP contribution is -2.40. The molecule has 1 aromatic carbocycles. The molecule has 0 aromatic heterocycles. The van der Waals surface area contributed by atoms with E-state index in [0.29, 0.717) is 0 Å². The molecule has 1 aromatic rings. The van der Waals surface area contributed by atoms with E-state index in [1.54, 1.807) is 6.92 Å². The molecule has 0 aliphatic heterocycles. The molecule has 2 amide bonds. The Balaban J connectivity index is 2.60. The lowest BCUT2D eigenvalue weighted by molar-refractivity contribution is -0.124. The number of rotatable bonds is 3. The maximum atomic E-state index is 11.6. The van der Waals surface area contributed by atoms with Crippen molar-refractivity contribution in [2.24, 2.45) is 0 Å². The van der Waals surface area contributed by atoms with E-state index >= 15 is 0 Å². The van der Waals surface area contributed by atoms with Gasteiger partial charge in [0.2, 0.25) is 11.8 Å². The van der Waals surface area contributed by atoms with E-state index in [9.17, 15) is 9.59 Å². The average molecular weight is 220 g/mol. The Bertz CT molecular complexity index is 402. The summed E-state index contributed by atoms with van der Waals surface area (Å²) >= 11 is 0. The summed E-state index contributed by atoms with van der Waals surface area (Å²) in [4.78, 5) is 22.4. The zero-order valence-corrected chi connectivity index (χ0v) is 9.70. The second-order valence-corrected chi connectivity index (χ2v) is 3.78. The first-order valence-corrected chi connectivity index (χ1v) is 5.13. The highest BCUT2D eigenvalue weighted by Crippen LogP contribution is 2.09. The van der Waals surface area contributed by atoms with Crippen molar-refractivity contribution >= 4 is 17.5 Å². The highest BCUT2D eigenvalue weighted by molar-refractivity contribution is 5.96. The molecule has 0 radical (unpaired) electrons. The first-order valence-electron chi connectivity index (χ1n) is 5.13. The summed E-state index contributed by atoms with van der Waals surface area (Å²) in [6.07, 6.45) is 0. The van der Waals surface area contributed by atoms with E-state index in [-0.39, 0.29) is 11.8 Å². The van der Waals surface area contributed by atoms with Crippen LogP contribution in [0.15, 0.2) is 24.3 Å². The van der Waals surface area contributed by atoms with E-state index in [4.69, 9.17) is 0 Å². The van der Waals surface area contributed by atoms with Crippen LogP contribution in [-0.4, -0.2) is 17.9 Å². The third-order valence-corrected chi connectivity index (χ3v) is 2.10. The monoisotopic (exact) mass is 220 g/mol. The van der Waals surface area contributed by atoms with Crippen LogP contribution in [0.4, 0.5) is 5.69 Å². The van der Waals surface area contributed by atoms with Gasteiger partial charge in [-0.05, 0) is 31.5 Å². The summed E-state index contributed by atoms with van der Waals surface area (Å²) in [5, 5.41) is 5.26. The first kappa shape index (κ1) is 12.2. The summed E-state index contributed by atoms with van der Waals surface area (Å²) in [7, 11) is 0. The number of hydrogen-bond acceptors (Lipinski definition) is 2. The van der Waals surface area contributed by atoms with Crippen LogP contribution in [0.1, 0.15) is 19.4 Å². The highest BCUT2D eigenvalue weighted by atomic mass is 16.2. The van der Waals surface area contributed by atoms with Crippen LogP contribution in [0.2, 0.25) is 0 Å². The minimum absolute atomic E-state index is 0.216. The lowest BCUT2D eigenvalue weighted by Gasteiger charge is -2.12. The number of hydrogen-bond donors (Lipinski definition) is 2. The van der Waals surface area contributed by atoms with Crippen LogP contribution in [0.25, 0.3) is 0 Å². The summed E-state index contributed by atoms with van der Waals surface area (Å²) < 4.78 is 0. The van der Waals surface area contributed by atoms with E-state index in [0.717, 1.165) is 11.3 Å². The van der Waals surface area contributed by atoms with Gasteiger partial charge in [0, 0.05) is 12.6 Å². The van der Waals surface area contributed by atoms with Gasteiger partial charge in [0.15, 0.2) is 0 Å². The number of anilines is 1. The number of carbonyl (C=O) groups is 2. The molecular weight excluding hydrogens is 204 g/mol. The molecule has 2 N–H and O–H groups in total. The van der Waals surface area contributed by atoms with Crippen molar-refractivity contribution < 1.29 is 9.59 Å². The van der Waals surface area contributed by atoms with Gasteiger partial charge in [-0.3, -0.25) is 9.59 Å². The molecule has 4 heteroatoms. The van der Waals surface area contributed by atoms with Crippen molar-refractivity contribution in [1.82, 2.24) is 5.32 Å². The van der Waals surface area contributed by atoms with Crippen LogP contribution in [0, 0.1) is 6.92 Å². The van der Waals surface area contributed by atoms with E-state index in [1.807, 2.05) is 31.2 Å². The number of carbonyl (C=O) groups excluding carboxylic acids is 2. The molecule has 16 heavy (non-hydrogen) atoms. The maximum Gasteiger partial charge on any atom is 0.246 e. The number of amides is 2. The Kier molecular flexibility index (Phi) is 4.05. The molecule has 0 saturated carbocycles. The maximum absolute atomic E-state index is 11.6. The second-order valence-electron chi connectivity index (χ2n) is 3.78. The molecule has 1 rings (SSSR count). The zero-order valence-electron chi connectivity index (χ0n) is 9.70. The molecule has 0 aliphatic rings. The van der Waals surface area contributed by atoms with E-state index in [2.05, 4.69) is 10.6 Å². The van der Waals surface area contributed by atoms with Crippen molar-refractivity contribution in [3.8, 4) is 0 Å². The fraction of sp³-hybridized carbons (Fsp3) is 0.333. The molecule has 1 atom stereocenters. The standard InChI is InChI=1S/C12H16N2O2/c1-8-5-4-6-11(7-8)14-12(16)9(2)13-10(3)15/h4-7,9H,1-3H3,(H,13,15)(H,14,16). The number of benzene rings is 1. The molecule has 0 spiro atoms. The van der Waals surface area contributed by atoms with Crippen LogP contribution < -0.4 is 10.6 Å². The van der Waals surface area contributed by atoms with Gasteiger partial charge in [-0.1, -0.05) is 12.1 Å². The van der Waals surface area contributed by atoms with Gasteiger partial charge in [-0.2, -0.15) is 0 Å². The van der Waals surface area contributed by atoms with Crippen LogP contribution in [0.3, 0.4) is 0 Å². The molecule has 0 aliphatic carbocycles. The Morgan fingerprint density at radius 1 is 1.31 bits per heavy atom. The number of nitrogens with one attached hydrogen (secondary N) is 2. The number of aryl methyl sites for hydroxylation is 1. The normalized spacial score (nSPS) is 11.7. The molecule has 4 nitrogen and oxygen atoms in total. The minimum atomic E-state index is -0.530. The van der Waals surface area contributed by atoms with Gasteiger partial charge in [0.05, 0.1) is 0 Å². The van der Waals surface area contributed by atoms with E-state index in [1.165, 1.54) is 6.92 Å². The smallest absolute Gasteiger partial charge is 0.246 e. The molecule has 0 fully saturated rings. The largest absolute Gasteiger partial charge is 0.345 e. The summed E-state index contributed by atoms with van der Waals surface area (Å²) in [5.41, 5.74) is 1.81. The molecule has 0 bridgehead atoms. The summed E-state index contributed by atoms with van der Waals surface area (Å²) in [5.74, 6) is -0.437. The Labute approximate surface area is 95.0 Å². The van der Waals surface area contributed by atoms with Gasteiger partial charge < -0.3 is 10.6 Å². The second kappa shape index (κ2) is 5.30. The molecule has 0 heterocycles. The Morgan fingerprint density at radius 3 is 2.56 bits per heavy atom. The van der Waals surface area contributed by atoms with Gasteiger partial charge in [-0.25, -0.2) is 0 Å². The van der Waals surface area contributed by atoms with Gasteiger partial charge >= 0.3 is 0 Å². The van der Waals surface area contributed by atoms with Gasteiger partial charge in [0.1, 0.15) is 6.04 Å². The van der Waals surface area contributed by atoms with Crippen LogP contribution in [0.5, 0.6) is 0 Å². The lowest BCUT2D eigenvalue weighted by atomic mass is 10.2. The molecular formula is C12H16N2O2. The van der Waals surface area contributed by atoms with Crippen molar-refractivity contribution in [1.29, 1.82) is 0 Å². The molecule has 0 saturated heterocycles. The topological polar surface area (TPSA) is 58.2 Å². The predicted octanol–water partition coefficient (Wildman–Crippen LogP) is 1.46. The van der Waals surface area contributed by atoms with E-state index < -0.39 is 6.04 Å². The minimum Gasteiger partial charge on any atom is -0.345 e. The van der Waals surface area contributed by atoms with Gasteiger partial charge in [0.25, 0.3) is 0 Å². The first-order chi connectivity index (χ1) is 7.49. The third-order valence-electron chi connectivity index (χ3n) is 2.10. The van der Waals surface area contributed by atoms with Crippen LogP contribution >= 0.6 is 0 Å². The SMILES string of the molecule is CC(=O)NC(C)C(=O)Nc1cccc(C)c1. The highest BCUT2D eigenvalue weighted by Gasteiger charge is 2.13. The quantitative estimate of drug-likeness (QED) is 0.810. The summed E-state index contributed by atoms with van der Waals surface area (Å²) in [6.45, 7) is 4.98. The third kappa shape index (κ3) is 3.73. The summed E-state index contributed by atoms with van der Waals surface area (Å²) in [6, 6.07) is 6.98. The van der Waals surface area contributed by atoms with Crippen molar-refractivity contribution in [3.63, 3.8) is 0 Å². The van der Waals surface area contributed by atoms with Gasteiger partial charge in [-0.15, -0.1) is 0 Å². The van der Waals surface area contributed by atoms with Crippen molar-refractivity contribution in [3.05, 3.63) is 29.8 Å². The average Bonchev–Trinajstić information content (AvgIpc) is 2.16. The Morgan fingerprint density at radius 2 is 2.00 bits per heavy atom. The zero-order chi connectivity index (χ0) is 12.1.